The Hall–Kier alpha value is -2.05. The summed E-state index contributed by atoms with van der Waals surface area (Å²) in [5, 5.41) is 2.93. The number of aryl methyl sites for hydroxylation is 1. The molecule has 0 aliphatic carbocycles. The van der Waals surface area contributed by atoms with E-state index < -0.39 is 0 Å². The second kappa shape index (κ2) is 9.24. The molecule has 1 aliphatic rings. The van der Waals surface area contributed by atoms with Crippen molar-refractivity contribution in [3.8, 4) is 0 Å². The quantitative estimate of drug-likeness (QED) is 0.759. The van der Waals surface area contributed by atoms with Crippen LogP contribution in [-0.4, -0.2) is 38.0 Å². The standard InChI is InChI=1S/C21H25FN2O2S/c1-3-27-19-13-18(24-7-9-26-10-8-24)11-15(2)20(19)21(25)23-14-16-5-4-6-17(22)12-16/h4-6,11-13H,3,7-10,14H2,1-2H3,(H,23,25). The van der Waals surface area contributed by atoms with Crippen molar-refractivity contribution in [1.82, 2.24) is 5.32 Å². The lowest BCUT2D eigenvalue weighted by Crippen LogP contribution is -2.36. The number of hydrogen-bond donors (Lipinski definition) is 1. The van der Waals surface area contributed by atoms with Crippen LogP contribution in [0.2, 0.25) is 0 Å². The number of carbonyl (C=O) groups is 1. The summed E-state index contributed by atoms with van der Waals surface area (Å²) in [6.07, 6.45) is 0. The number of ether oxygens (including phenoxy) is 1. The van der Waals surface area contributed by atoms with Gasteiger partial charge in [0.2, 0.25) is 0 Å². The molecule has 0 saturated carbocycles. The lowest BCUT2D eigenvalue weighted by molar-refractivity contribution is 0.0947. The maximum Gasteiger partial charge on any atom is 0.252 e. The highest BCUT2D eigenvalue weighted by atomic mass is 32.2. The molecule has 1 saturated heterocycles. The summed E-state index contributed by atoms with van der Waals surface area (Å²) in [4.78, 5) is 16.1. The zero-order valence-corrected chi connectivity index (χ0v) is 16.6. The number of benzene rings is 2. The molecule has 0 unspecified atom stereocenters. The van der Waals surface area contributed by atoms with E-state index >= 15 is 0 Å². The van der Waals surface area contributed by atoms with Crippen LogP contribution in [-0.2, 0) is 11.3 Å². The van der Waals surface area contributed by atoms with Crippen molar-refractivity contribution < 1.29 is 13.9 Å². The smallest absolute Gasteiger partial charge is 0.252 e. The third-order valence-corrected chi connectivity index (χ3v) is 5.45. The first kappa shape index (κ1) is 19.7. The maximum atomic E-state index is 13.3. The molecule has 1 N–H and O–H groups in total. The topological polar surface area (TPSA) is 41.6 Å². The number of thioether (sulfide) groups is 1. The van der Waals surface area contributed by atoms with Crippen LogP contribution in [0.15, 0.2) is 41.3 Å². The van der Waals surface area contributed by atoms with Crippen LogP contribution in [0.4, 0.5) is 10.1 Å². The summed E-state index contributed by atoms with van der Waals surface area (Å²) >= 11 is 1.67. The van der Waals surface area contributed by atoms with Crippen LogP contribution in [0.3, 0.4) is 0 Å². The first-order valence-electron chi connectivity index (χ1n) is 9.21. The van der Waals surface area contributed by atoms with Gasteiger partial charge in [-0.05, 0) is 48.1 Å². The summed E-state index contributed by atoms with van der Waals surface area (Å²) in [5.74, 6) is 0.465. The van der Waals surface area contributed by atoms with Crippen LogP contribution >= 0.6 is 11.8 Å². The van der Waals surface area contributed by atoms with Gasteiger partial charge in [0.25, 0.3) is 5.91 Å². The third-order valence-electron chi connectivity index (χ3n) is 4.53. The van der Waals surface area contributed by atoms with Gasteiger partial charge in [-0.2, -0.15) is 0 Å². The van der Waals surface area contributed by atoms with Gasteiger partial charge < -0.3 is 15.0 Å². The second-order valence-corrected chi connectivity index (χ2v) is 7.79. The summed E-state index contributed by atoms with van der Waals surface area (Å²) in [7, 11) is 0. The van der Waals surface area contributed by atoms with Gasteiger partial charge in [-0.15, -0.1) is 11.8 Å². The van der Waals surface area contributed by atoms with Crippen molar-refractivity contribution in [2.75, 3.05) is 37.0 Å². The molecule has 1 amide bonds. The number of nitrogens with one attached hydrogen (secondary N) is 1. The van der Waals surface area contributed by atoms with Gasteiger partial charge in [0.1, 0.15) is 5.82 Å². The van der Waals surface area contributed by atoms with Gasteiger partial charge in [-0.25, -0.2) is 4.39 Å². The van der Waals surface area contributed by atoms with Crippen LogP contribution in [0.25, 0.3) is 0 Å². The number of halogens is 1. The van der Waals surface area contributed by atoms with E-state index in [0.29, 0.717) is 12.1 Å². The Balaban J connectivity index is 1.81. The monoisotopic (exact) mass is 388 g/mol. The Morgan fingerprint density at radius 3 is 2.74 bits per heavy atom. The Morgan fingerprint density at radius 2 is 2.04 bits per heavy atom. The van der Waals surface area contributed by atoms with Crippen molar-refractivity contribution in [3.63, 3.8) is 0 Å². The van der Waals surface area contributed by atoms with Crippen molar-refractivity contribution in [3.05, 3.63) is 58.9 Å². The van der Waals surface area contributed by atoms with E-state index in [9.17, 15) is 9.18 Å². The summed E-state index contributed by atoms with van der Waals surface area (Å²) in [5.41, 5.74) is 3.53. The van der Waals surface area contributed by atoms with E-state index in [2.05, 4.69) is 29.3 Å². The zero-order valence-electron chi connectivity index (χ0n) is 15.8. The fourth-order valence-corrected chi connectivity index (χ4v) is 4.13. The third kappa shape index (κ3) is 5.02. The molecule has 4 nitrogen and oxygen atoms in total. The molecular formula is C21H25FN2O2S. The van der Waals surface area contributed by atoms with Crippen LogP contribution in [0.1, 0.15) is 28.4 Å². The summed E-state index contributed by atoms with van der Waals surface area (Å²) < 4.78 is 18.8. The van der Waals surface area contributed by atoms with E-state index in [1.807, 2.05) is 6.92 Å². The molecule has 144 valence electrons. The Bertz CT molecular complexity index is 807. The van der Waals surface area contributed by atoms with Gasteiger partial charge in [0.15, 0.2) is 0 Å². The summed E-state index contributed by atoms with van der Waals surface area (Å²) in [6, 6.07) is 10.5. The minimum Gasteiger partial charge on any atom is -0.378 e. The number of rotatable bonds is 6. The SMILES string of the molecule is CCSc1cc(N2CCOCC2)cc(C)c1C(=O)NCc1cccc(F)c1. The van der Waals surface area contributed by atoms with Crippen molar-refractivity contribution in [2.24, 2.45) is 0 Å². The zero-order chi connectivity index (χ0) is 19.2. The lowest BCUT2D eigenvalue weighted by atomic mass is 10.1. The van der Waals surface area contributed by atoms with Crippen LogP contribution in [0, 0.1) is 12.7 Å². The molecule has 2 aromatic carbocycles. The molecule has 3 rings (SSSR count). The predicted molar refractivity (Wildman–Crippen MR) is 108 cm³/mol. The molecule has 0 aromatic heterocycles. The fourth-order valence-electron chi connectivity index (χ4n) is 3.22. The van der Waals surface area contributed by atoms with Crippen molar-refractivity contribution >= 4 is 23.4 Å². The molecule has 1 aliphatic heterocycles. The van der Waals surface area contributed by atoms with Gasteiger partial charge in [-0.3, -0.25) is 4.79 Å². The van der Waals surface area contributed by atoms with E-state index in [-0.39, 0.29) is 11.7 Å². The molecule has 1 fully saturated rings. The molecule has 2 aromatic rings. The number of morpholine rings is 1. The number of anilines is 1. The number of nitrogens with zero attached hydrogens (tertiary/aromatic N) is 1. The maximum absolute atomic E-state index is 13.3. The average molecular weight is 389 g/mol. The summed E-state index contributed by atoms with van der Waals surface area (Å²) in [6.45, 7) is 7.53. The molecular weight excluding hydrogens is 363 g/mol. The van der Waals surface area contributed by atoms with E-state index in [4.69, 9.17) is 4.74 Å². The molecule has 6 heteroatoms. The van der Waals surface area contributed by atoms with Crippen molar-refractivity contribution in [2.45, 2.75) is 25.3 Å². The Labute approximate surface area is 164 Å². The van der Waals surface area contributed by atoms with Gasteiger partial charge >= 0.3 is 0 Å². The van der Waals surface area contributed by atoms with E-state index in [0.717, 1.165) is 53.8 Å². The highest BCUT2D eigenvalue weighted by Gasteiger charge is 2.19. The van der Waals surface area contributed by atoms with Gasteiger partial charge in [0.05, 0.1) is 18.8 Å². The molecule has 27 heavy (non-hydrogen) atoms. The number of carbonyl (C=O) groups excluding carboxylic acids is 1. The first-order chi connectivity index (χ1) is 13.1. The number of amides is 1. The van der Waals surface area contributed by atoms with Gasteiger partial charge in [0, 0.05) is 30.2 Å². The van der Waals surface area contributed by atoms with E-state index in [1.165, 1.54) is 12.1 Å². The number of hydrogen-bond acceptors (Lipinski definition) is 4. The molecule has 0 spiro atoms. The molecule has 0 bridgehead atoms. The predicted octanol–water partition coefficient (Wildman–Crippen LogP) is 4.01. The Kier molecular flexibility index (Phi) is 6.74. The molecule has 0 radical (unpaired) electrons. The molecule has 1 heterocycles. The largest absolute Gasteiger partial charge is 0.378 e. The second-order valence-electron chi connectivity index (χ2n) is 6.48. The van der Waals surface area contributed by atoms with E-state index in [1.54, 1.807) is 23.9 Å². The normalized spacial score (nSPS) is 14.3. The fraction of sp³-hybridized carbons (Fsp3) is 0.381. The minimum atomic E-state index is -0.296. The van der Waals surface area contributed by atoms with Crippen LogP contribution < -0.4 is 10.2 Å². The highest BCUT2D eigenvalue weighted by molar-refractivity contribution is 7.99. The first-order valence-corrected chi connectivity index (χ1v) is 10.2. The lowest BCUT2D eigenvalue weighted by Gasteiger charge is -2.30. The highest BCUT2D eigenvalue weighted by Crippen LogP contribution is 2.31. The minimum absolute atomic E-state index is 0.124. The average Bonchev–Trinajstić information content (AvgIpc) is 2.67. The van der Waals surface area contributed by atoms with Crippen LogP contribution in [0.5, 0.6) is 0 Å². The van der Waals surface area contributed by atoms with Crippen molar-refractivity contribution in [1.29, 1.82) is 0 Å². The Morgan fingerprint density at radius 1 is 1.26 bits per heavy atom. The molecule has 0 atom stereocenters. The van der Waals surface area contributed by atoms with Gasteiger partial charge in [-0.1, -0.05) is 19.1 Å².